The number of para-hydroxylation sites is 1. The summed E-state index contributed by atoms with van der Waals surface area (Å²) in [6.07, 6.45) is 0. The molecule has 1 heterocycles. The van der Waals surface area contributed by atoms with E-state index in [2.05, 4.69) is 15.7 Å². The van der Waals surface area contributed by atoms with Gasteiger partial charge in [0, 0.05) is 24.2 Å². The number of nitrogens with one attached hydrogen (secondary N) is 2. The highest BCUT2D eigenvalue weighted by molar-refractivity contribution is 6.15. The molecule has 160 valence electrons. The second-order valence-electron chi connectivity index (χ2n) is 7.01. The Morgan fingerprint density at radius 3 is 2.38 bits per heavy atom. The van der Waals surface area contributed by atoms with Crippen molar-refractivity contribution in [3.05, 3.63) is 94.4 Å². The fraction of sp³-hybridized carbons (Fsp3) is 0.0833. The van der Waals surface area contributed by atoms with Gasteiger partial charge in [-0.3, -0.25) is 14.4 Å². The van der Waals surface area contributed by atoms with E-state index in [1.54, 1.807) is 79.9 Å². The summed E-state index contributed by atoms with van der Waals surface area (Å²) >= 11 is 0. The van der Waals surface area contributed by atoms with Crippen LogP contribution in [0.4, 0.5) is 11.4 Å². The molecule has 0 aliphatic carbocycles. The molecule has 2 amide bonds. The van der Waals surface area contributed by atoms with Gasteiger partial charge in [-0.15, -0.1) is 0 Å². The lowest BCUT2D eigenvalue weighted by atomic mass is 10.1. The molecule has 0 fully saturated rings. The van der Waals surface area contributed by atoms with Crippen LogP contribution in [0.1, 0.15) is 20.8 Å². The summed E-state index contributed by atoms with van der Waals surface area (Å²) in [6, 6.07) is 20.4. The molecule has 8 nitrogen and oxygen atoms in total. The number of rotatable bonds is 5. The van der Waals surface area contributed by atoms with Gasteiger partial charge in [-0.25, -0.2) is 4.68 Å². The number of carbonyl (C=O) groups is 2. The minimum Gasteiger partial charge on any atom is -0.497 e. The van der Waals surface area contributed by atoms with Crippen molar-refractivity contribution in [1.82, 2.24) is 9.78 Å². The predicted octanol–water partition coefficient (Wildman–Crippen LogP) is 3.45. The predicted molar refractivity (Wildman–Crippen MR) is 122 cm³/mol. The van der Waals surface area contributed by atoms with Crippen molar-refractivity contribution in [3.8, 4) is 5.75 Å². The molecule has 8 heteroatoms. The Labute approximate surface area is 183 Å². The second-order valence-corrected chi connectivity index (χ2v) is 7.01. The van der Waals surface area contributed by atoms with Crippen LogP contribution in [0.3, 0.4) is 0 Å². The molecule has 32 heavy (non-hydrogen) atoms. The van der Waals surface area contributed by atoms with Gasteiger partial charge in [-0.1, -0.05) is 36.4 Å². The van der Waals surface area contributed by atoms with Crippen LogP contribution in [0, 0.1) is 0 Å². The van der Waals surface area contributed by atoms with E-state index in [0.717, 1.165) is 4.68 Å². The number of fused-ring (bicyclic) bond motifs is 1. The van der Waals surface area contributed by atoms with Crippen LogP contribution >= 0.6 is 0 Å². The lowest BCUT2D eigenvalue weighted by Crippen LogP contribution is -2.26. The lowest BCUT2D eigenvalue weighted by molar-refractivity contribution is 0.102. The highest BCUT2D eigenvalue weighted by Gasteiger charge is 2.19. The monoisotopic (exact) mass is 428 g/mol. The number of nitrogens with zero attached hydrogens (tertiary/aromatic N) is 2. The van der Waals surface area contributed by atoms with E-state index in [4.69, 9.17) is 4.74 Å². The third kappa shape index (κ3) is 4.06. The Kier molecular flexibility index (Phi) is 5.67. The maximum atomic E-state index is 13.1. The molecule has 0 aliphatic heterocycles. The van der Waals surface area contributed by atoms with E-state index in [1.165, 1.54) is 7.05 Å². The number of amides is 2. The molecule has 0 saturated heterocycles. The third-order valence-corrected chi connectivity index (χ3v) is 4.92. The van der Waals surface area contributed by atoms with Crippen LogP contribution in [0.2, 0.25) is 0 Å². The first kappa shape index (κ1) is 20.8. The zero-order valence-corrected chi connectivity index (χ0v) is 17.5. The van der Waals surface area contributed by atoms with Crippen LogP contribution in [0.5, 0.6) is 5.75 Å². The zero-order chi connectivity index (χ0) is 22.7. The van der Waals surface area contributed by atoms with Crippen molar-refractivity contribution in [2.24, 2.45) is 7.05 Å². The van der Waals surface area contributed by atoms with Gasteiger partial charge < -0.3 is 15.4 Å². The molecule has 2 N–H and O–H groups in total. The Bertz CT molecular complexity index is 1390. The molecule has 0 spiro atoms. The summed E-state index contributed by atoms with van der Waals surface area (Å²) in [5, 5.41) is 10.5. The molecule has 0 atom stereocenters. The normalized spacial score (nSPS) is 10.6. The average molecular weight is 428 g/mol. The van der Waals surface area contributed by atoms with E-state index < -0.39 is 11.8 Å². The minimum atomic E-state index is -0.529. The fourth-order valence-electron chi connectivity index (χ4n) is 3.34. The topological polar surface area (TPSA) is 102 Å². The van der Waals surface area contributed by atoms with Crippen LogP contribution in [-0.2, 0) is 7.05 Å². The molecule has 0 bridgehead atoms. The number of anilines is 2. The van der Waals surface area contributed by atoms with Gasteiger partial charge in [0.25, 0.3) is 17.4 Å². The van der Waals surface area contributed by atoms with Gasteiger partial charge in [-0.05, 0) is 30.3 Å². The Morgan fingerprint density at radius 2 is 1.59 bits per heavy atom. The summed E-state index contributed by atoms with van der Waals surface area (Å²) in [5.41, 5.74) is 0.942. The lowest BCUT2D eigenvalue weighted by Gasteiger charge is -2.13. The molecular weight excluding hydrogens is 408 g/mol. The van der Waals surface area contributed by atoms with Crippen LogP contribution in [0.25, 0.3) is 10.8 Å². The van der Waals surface area contributed by atoms with E-state index in [9.17, 15) is 14.4 Å². The SMILES string of the molecule is COc1cccc(NC(=O)c2ccccc2NC(=O)c2nn(C)c(=O)c3ccccc23)c1. The quantitative estimate of drug-likeness (QED) is 0.507. The number of hydrogen-bond acceptors (Lipinski definition) is 5. The largest absolute Gasteiger partial charge is 0.497 e. The molecule has 3 aromatic carbocycles. The van der Waals surface area contributed by atoms with Crippen molar-refractivity contribution < 1.29 is 14.3 Å². The summed E-state index contributed by atoms with van der Waals surface area (Å²) in [7, 11) is 3.03. The number of aryl methyl sites for hydroxylation is 1. The average Bonchev–Trinajstić information content (AvgIpc) is 2.81. The van der Waals surface area contributed by atoms with Gasteiger partial charge >= 0.3 is 0 Å². The fourth-order valence-corrected chi connectivity index (χ4v) is 3.34. The van der Waals surface area contributed by atoms with Crippen LogP contribution < -0.4 is 20.9 Å². The Hall–Kier alpha value is -4.46. The molecule has 4 rings (SSSR count). The Balaban J connectivity index is 1.65. The maximum Gasteiger partial charge on any atom is 0.276 e. The van der Waals surface area contributed by atoms with Gasteiger partial charge in [0.1, 0.15) is 5.75 Å². The first-order valence-corrected chi connectivity index (χ1v) is 9.80. The number of benzene rings is 3. The number of methoxy groups -OCH3 is 1. The molecular formula is C24H20N4O4. The van der Waals surface area contributed by atoms with Crippen LogP contribution in [-0.4, -0.2) is 28.7 Å². The number of aromatic nitrogens is 2. The highest BCUT2D eigenvalue weighted by atomic mass is 16.5. The first-order chi connectivity index (χ1) is 15.5. The van der Waals surface area contributed by atoms with Gasteiger partial charge in [0.15, 0.2) is 5.69 Å². The van der Waals surface area contributed by atoms with Crippen molar-refractivity contribution in [1.29, 1.82) is 0 Å². The summed E-state index contributed by atoms with van der Waals surface area (Å²) in [5.74, 6) is -0.317. The van der Waals surface area contributed by atoms with Crippen molar-refractivity contribution in [2.45, 2.75) is 0 Å². The molecule has 0 radical (unpaired) electrons. The standard InChI is InChI=1S/C24H20N4O4/c1-28-24(31)18-11-4-3-10-17(18)21(27-28)23(30)26-20-13-6-5-12-19(20)22(29)25-15-8-7-9-16(14-15)32-2/h3-14H,1-2H3,(H,25,29)(H,26,30). The molecule has 4 aromatic rings. The summed E-state index contributed by atoms with van der Waals surface area (Å²) in [6.45, 7) is 0. The molecule has 0 aliphatic rings. The van der Waals surface area contributed by atoms with E-state index in [0.29, 0.717) is 27.9 Å². The first-order valence-electron chi connectivity index (χ1n) is 9.80. The smallest absolute Gasteiger partial charge is 0.276 e. The number of ether oxygens (including phenoxy) is 1. The van der Waals surface area contributed by atoms with E-state index in [1.807, 2.05) is 0 Å². The van der Waals surface area contributed by atoms with E-state index in [-0.39, 0.29) is 16.8 Å². The van der Waals surface area contributed by atoms with Crippen LogP contribution in [0.15, 0.2) is 77.6 Å². The van der Waals surface area contributed by atoms with Gasteiger partial charge in [-0.2, -0.15) is 5.10 Å². The molecule has 0 unspecified atom stereocenters. The van der Waals surface area contributed by atoms with E-state index >= 15 is 0 Å². The van der Waals surface area contributed by atoms with Gasteiger partial charge in [0.2, 0.25) is 0 Å². The second kappa shape index (κ2) is 8.73. The van der Waals surface area contributed by atoms with Crippen molar-refractivity contribution in [3.63, 3.8) is 0 Å². The minimum absolute atomic E-state index is 0.0886. The number of carbonyl (C=O) groups excluding carboxylic acids is 2. The number of hydrogen-bond donors (Lipinski definition) is 2. The van der Waals surface area contributed by atoms with Gasteiger partial charge in [0.05, 0.1) is 23.7 Å². The third-order valence-electron chi connectivity index (χ3n) is 4.92. The summed E-state index contributed by atoms with van der Waals surface area (Å²) < 4.78 is 6.30. The maximum absolute atomic E-state index is 13.1. The molecule has 1 aromatic heterocycles. The van der Waals surface area contributed by atoms with Crippen molar-refractivity contribution >= 4 is 34.0 Å². The molecule has 0 saturated carbocycles. The highest BCUT2D eigenvalue weighted by Crippen LogP contribution is 2.22. The summed E-state index contributed by atoms with van der Waals surface area (Å²) in [4.78, 5) is 38.3. The van der Waals surface area contributed by atoms with Crippen molar-refractivity contribution in [2.75, 3.05) is 17.7 Å². The zero-order valence-electron chi connectivity index (χ0n) is 17.5. The Morgan fingerprint density at radius 1 is 0.875 bits per heavy atom.